The second-order valence-electron chi connectivity index (χ2n) is 10.3. The molecule has 7 nitrogen and oxygen atoms in total. The number of halogens is 1. The smallest absolute Gasteiger partial charge is 0.410 e. The monoisotopic (exact) mass is 492 g/mol. The normalized spacial score (nSPS) is 14.6. The molecule has 2 amide bonds. The minimum Gasteiger partial charge on any atom is -0.444 e. The fourth-order valence-corrected chi connectivity index (χ4v) is 4.40. The quantitative estimate of drug-likeness (QED) is 0.485. The molecule has 4 rings (SSSR count). The maximum Gasteiger partial charge on any atom is 0.410 e. The number of amides is 2. The Kier molecular flexibility index (Phi) is 7.15. The van der Waals surface area contributed by atoms with Crippen molar-refractivity contribution >= 4 is 17.7 Å². The summed E-state index contributed by atoms with van der Waals surface area (Å²) in [6.45, 7) is 10.6. The number of hydrogen-bond acceptors (Lipinski definition) is 4. The number of nitrogens with one attached hydrogen (secondary N) is 1. The minimum absolute atomic E-state index is 0.0193. The Labute approximate surface area is 211 Å². The van der Waals surface area contributed by atoms with Gasteiger partial charge in [0.2, 0.25) is 0 Å². The number of anilines is 1. The molecule has 1 N–H and O–H groups in total. The maximum absolute atomic E-state index is 14.2. The first-order valence-corrected chi connectivity index (χ1v) is 12.2. The summed E-state index contributed by atoms with van der Waals surface area (Å²) >= 11 is 0. The molecular weight excluding hydrogens is 459 g/mol. The molecule has 190 valence electrons. The van der Waals surface area contributed by atoms with Crippen LogP contribution in [0.3, 0.4) is 0 Å². The highest BCUT2D eigenvalue weighted by molar-refractivity contribution is 6.05. The van der Waals surface area contributed by atoms with Gasteiger partial charge in [0.05, 0.1) is 28.8 Å². The van der Waals surface area contributed by atoms with E-state index in [2.05, 4.69) is 10.4 Å². The molecule has 2 heterocycles. The van der Waals surface area contributed by atoms with Crippen molar-refractivity contribution in [1.29, 1.82) is 0 Å². The molecule has 1 saturated heterocycles. The molecular formula is C28H33FN4O3. The molecule has 0 unspecified atom stereocenters. The van der Waals surface area contributed by atoms with Crippen molar-refractivity contribution in [2.24, 2.45) is 0 Å². The van der Waals surface area contributed by atoms with Crippen LogP contribution in [0.15, 0.2) is 48.7 Å². The van der Waals surface area contributed by atoms with Crippen LogP contribution in [0.5, 0.6) is 0 Å². The first kappa shape index (κ1) is 25.4. The Morgan fingerprint density at radius 3 is 2.39 bits per heavy atom. The van der Waals surface area contributed by atoms with Gasteiger partial charge in [-0.15, -0.1) is 0 Å². The Morgan fingerprint density at radius 1 is 1.06 bits per heavy atom. The molecule has 0 aliphatic carbocycles. The highest BCUT2D eigenvalue weighted by Gasteiger charge is 2.32. The van der Waals surface area contributed by atoms with Gasteiger partial charge >= 0.3 is 6.09 Å². The lowest BCUT2D eigenvalue weighted by atomic mass is 9.90. The van der Waals surface area contributed by atoms with Crippen molar-refractivity contribution in [2.45, 2.75) is 59.0 Å². The van der Waals surface area contributed by atoms with Crippen molar-refractivity contribution in [3.05, 3.63) is 76.9 Å². The summed E-state index contributed by atoms with van der Waals surface area (Å²) in [6.07, 6.45) is 2.51. The lowest BCUT2D eigenvalue weighted by Gasteiger charge is -2.34. The van der Waals surface area contributed by atoms with Crippen molar-refractivity contribution in [2.75, 3.05) is 18.4 Å². The van der Waals surface area contributed by atoms with Crippen LogP contribution in [0.1, 0.15) is 66.7 Å². The summed E-state index contributed by atoms with van der Waals surface area (Å²) in [5.41, 5.74) is 3.85. The molecule has 0 atom stereocenters. The Balaban J connectivity index is 1.65. The number of aryl methyl sites for hydroxylation is 2. The predicted molar refractivity (Wildman–Crippen MR) is 137 cm³/mol. The number of hydrogen-bond donors (Lipinski definition) is 1. The molecule has 0 radical (unpaired) electrons. The van der Waals surface area contributed by atoms with Gasteiger partial charge in [0.25, 0.3) is 5.91 Å². The number of rotatable bonds is 4. The summed E-state index contributed by atoms with van der Waals surface area (Å²) < 4.78 is 21.6. The number of carbonyl (C=O) groups is 2. The van der Waals surface area contributed by atoms with Gasteiger partial charge in [-0.1, -0.05) is 18.2 Å². The molecule has 1 aliphatic heterocycles. The fourth-order valence-electron chi connectivity index (χ4n) is 4.40. The van der Waals surface area contributed by atoms with E-state index in [9.17, 15) is 14.0 Å². The van der Waals surface area contributed by atoms with Gasteiger partial charge in [-0.2, -0.15) is 5.10 Å². The van der Waals surface area contributed by atoms with Crippen molar-refractivity contribution < 1.29 is 18.7 Å². The van der Waals surface area contributed by atoms with E-state index in [4.69, 9.17) is 4.74 Å². The highest BCUT2D eigenvalue weighted by Crippen LogP contribution is 2.33. The zero-order valence-electron chi connectivity index (χ0n) is 21.5. The average molecular weight is 493 g/mol. The molecule has 2 aromatic carbocycles. The summed E-state index contributed by atoms with van der Waals surface area (Å²) in [5.74, 6) is -0.937. The standard InChI is InChI=1S/C28H33FN4O3/c1-18-10-11-21(16-19(18)2)33-25(20-12-14-32(15-13-20)27(35)36-28(3,4)5)22(17-30-33)26(34)31-24-9-7-6-8-23(24)29/h6-11,16-17,20H,12-15H2,1-5H3,(H,31,34). The number of benzene rings is 2. The third-order valence-corrected chi connectivity index (χ3v) is 6.44. The van der Waals surface area contributed by atoms with Gasteiger partial charge in [0.1, 0.15) is 11.4 Å². The third kappa shape index (κ3) is 5.58. The maximum atomic E-state index is 14.2. The number of likely N-dealkylation sites (tertiary alicyclic amines) is 1. The molecule has 3 aromatic rings. The summed E-state index contributed by atoms with van der Waals surface area (Å²) in [5, 5.41) is 7.27. The Morgan fingerprint density at radius 2 is 1.75 bits per heavy atom. The molecule has 8 heteroatoms. The van der Waals surface area contributed by atoms with Gasteiger partial charge in [0.15, 0.2) is 0 Å². The molecule has 0 saturated carbocycles. The largest absolute Gasteiger partial charge is 0.444 e. The van der Waals surface area contributed by atoms with Crippen LogP contribution in [0.25, 0.3) is 5.69 Å². The van der Waals surface area contributed by atoms with E-state index in [0.29, 0.717) is 31.5 Å². The van der Waals surface area contributed by atoms with E-state index in [1.165, 1.54) is 12.1 Å². The van der Waals surface area contributed by atoms with Crippen LogP contribution < -0.4 is 5.32 Å². The van der Waals surface area contributed by atoms with Crippen LogP contribution in [0.2, 0.25) is 0 Å². The van der Waals surface area contributed by atoms with Crippen molar-refractivity contribution in [1.82, 2.24) is 14.7 Å². The second kappa shape index (κ2) is 10.1. The zero-order chi connectivity index (χ0) is 26.0. The van der Waals surface area contributed by atoms with Crippen molar-refractivity contribution in [3.8, 4) is 5.69 Å². The number of aromatic nitrogens is 2. The van der Waals surface area contributed by atoms with Gasteiger partial charge in [-0.3, -0.25) is 4.79 Å². The van der Waals surface area contributed by atoms with E-state index in [1.54, 1.807) is 27.9 Å². The zero-order valence-corrected chi connectivity index (χ0v) is 21.5. The summed E-state index contributed by atoms with van der Waals surface area (Å²) in [7, 11) is 0. The number of nitrogens with zero attached hydrogens (tertiary/aromatic N) is 3. The molecule has 0 spiro atoms. The van der Waals surface area contributed by atoms with E-state index in [0.717, 1.165) is 22.5 Å². The van der Waals surface area contributed by atoms with Crippen molar-refractivity contribution in [3.63, 3.8) is 0 Å². The van der Waals surface area contributed by atoms with Crippen LogP contribution in [-0.2, 0) is 4.74 Å². The number of piperidine rings is 1. The van der Waals surface area contributed by atoms with Gasteiger partial charge in [-0.05, 0) is 82.9 Å². The third-order valence-electron chi connectivity index (χ3n) is 6.44. The van der Waals surface area contributed by atoms with Crippen LogP contribution in [0, 0.1) is 19.7 Å². The van der Waals surface area contributed by atoms with Gasteiger partial charge in [0, 0.05) is 19.0 Å². The molecule has 1 fully saturated rings. The molecule has 1 aliphatic rings. The minimum atomic E-state index is -0.562. The predicted octanol–water partition coefficient (Wildman–Crippen LogP) is 6.00. The van der Waals surface area contributed by atoms with E-state index in [1.807, 2.05) is 52.8 Å². The van der Waals surface area contributed by atoms with Crippen LogP contribution >= 0.6 is 0 Å². The molecule has 0 bridgehead atoms. The van der Waals surface area contributed by atoms with E-state index >= 15 is 0 Å². The highest BCUT2D eigenvalue weighted by atomic mass is 19.1. The number of ether oxygens (including phenoxy) is 1. The number of carbonyl (C=O) groups excluding carboxylic acids is 2. The average Bonchev–Trinajstić information content (AvgIpc) is 3.27. The lowest BCUT2D eigenvalue weighted by Crippen LogP contribution is -2.41. The topological polar surface area (TPSA) is 76.5 Å². The Hall–Kier alpha value is -3.68. The van der Waals surface area contributed by atoms with E-state index < -0.39 is 17.3 Å². The second-order valence-corrected chi connectivity index (χ2v) is 10.3. The van der Waals surface area contributed by atoms with E-state index in [-0.39, 0.29) is 17.7 Å². The number of para-hydroxylation sites is 1. The first-order chi connectivity index (χ1) is 17.0. The Bertz CT molecular complexity index is 1270. The molecule has 1 aromatic heterocycles. The molecule has 36 heavy (non-hydrogen) atoms. The van der Waals surface area contributed by atoms with Crippen LogP contribution in [-0.4, -0.2) is 45.4 Å². The lowest BCUT2D eigenvalue weighted by molar-refractivity contribution is 0.0203. The SMILES string of the molecule is Cc1ccc(-n2ncc(C(=O)Nc3ccccc3F)c2C2CCN(C(=O)OC(C)(C)C)CC2)cc1C. The fraction of sp³-hybridized carbons (Fsp3) is 0.393. The van der Waals surface area contributed by atoms with Gasteiger partial charge in [-0.25, -0.2) is 13.9 Å². The van der Waals surface area contributed by atoms with Crippen LogP contribution in [0.4, 0.5) is 14.9 Å². The summed E-state index contributed by atoms with van der Waals surface area (Å²) in [4.78, 5) is 27.6. The first-order valence-electron chi connectivity index (χ1n) is 12.2. The van der Waals surface area contributed by atoms with Gasteiger partial charge < -0.3 is 15.0 Å². The summed E-state index contributed by atoms with van der Waals surface area (Å²) in [6, 6.07) is 12.1.